The van der Waals surface area contributed by atoms with Gasteiger partial charge in [0.2, 0.25) is 0 Å². The third-order valence-corrected chi connectivity index (χ3v) is 2.21. The van der Waals surface area contributed by atoms with E-state index in [1.165, 1.54) is 0 Å². The number of pyridine rings is 1. The van der Waals surface area contributed by atoms with Gasteiger partial charge in [0.25, 0.3) is 0 Å². The third-order valence-electron chi connectivity index (χ3n) is 2.21. The van der Waals surface area contributed by atoms with Crippen molar-refractivity contribution in [1.82, 2.24) is 10.4 Å². The molecule has 1 rings (SSSR count). The molecule has 1 aromatic rings. The molecule has 0 aliphatic carbocycles. The van der Waals surface area contributed by atoms with Crippen LogP contribution in [0.1, 0.15) is 25.5 Å². The molecule has 3 heteroatoms. The molecule has 1 unspecified atom stereocenters. The molecule has 0 saturated carbocycles. The molecule has 3 nitrogen and oxygen atoms in total. The van der Waals surface area contributed by atoms with Crippen molar-refractivity contribution in [3.63, 3.8) is 0 Å². The van der Waals surface area contributed by atoms with Gasteiger partial charge in [-0.1, -0.05) is 6.07 Å². The van der Waals surface area contributed by atoms with Gasteiger partial charge in [-0.15, -0.1) is 11.8 Å². The first-order chi connectivity index (χ1) is 7.36. The minimum Gasteiger partial charge on any atom is -0.271 e. The van der Waals surface area contributed by atoms with E-state index in [9.17, 15) is 0 Å². The normalized spacial score (nSPS) is 11.6. The second-order valence-electron chi connectivity index (χ2n) is 3.35. The standard InChI is InChI=1S/C12H17N3/c1-2-3-4-8-12(15-13)10-11-7-5-6-9-14-11/h5-7,9,12,15H,4,8,10,13H2,1H3. The summed E-state index contributed by atoms with van der Waals surface area (Å²) in [6.45, 7) is 1.85. The van der Waals surface area contributed by atoms with Gasteiger partial charge >= 0.3 is 0 Å². The van der Waals surface area contributed by atoms with Crippen molar-refractivity contribution in [3.05, 3.63) is 30.1 Å². The molecular formula is C12H17N3. The van der Waals surface area contributed by atoms with Gasteiger partial charge in [-0.05, 0) is 25.5 Å². The second-order valence-corrected chi connectivity index (χ2v) is 3.35. The lowest BCUT2D eigenvalue weighted by Gasteiger charge is -2.13. The van der Waals surface area contributed by atoms with Crippen LogP contribution in [0.4, 0.5) is 0 Å². The SMILES string of the molecule is CC#CCCC(Cc1ccccn1)NN. The zero-order valence-electron chi connectivity index (χ0n) is 9.03. The topological polar surface area (TPSA) is 50.9 Å². The van der Waals surface area contributed by atoms with E-state index in [0.717, 1.165) is 25.0 Å². The van der Waals surface area contributed by atoms with Crippen molar-refractivity contribution in [2.24, 2.45) is 5.84 Å². The van der Waals surface area contributed by atoms with Crippen LogP contribution in [0.3, 0.4) is 0 Å². The minimum absolute atomic E-state index is 0.251. The van der Waals surface area contributed by atoms with Crippen LogP contribution in [0.2, 0.25) is 0 Å². The van der Waals surface area contributed by atoms with Gasteiger partial charge in [0, 0.05) is 30.8 Å². The van der Waals surface area contributed by atoms with Crippen LogP contribution in [0, 0.1) is 11.8 Å². The van der Waals surface area contributed by atoms with Gasteiger partial charge in [0.05, 0.1) is 0 Å². The van der Waals surface area contributed by atoms with E-state index in [0.29, 0.717) is 0 Å². The molecule has 0 spiro atoms. The average molecular weight is 203 g/mol. The molecular weight excluding hydrogens is 186 g/mol. The molecule has 3 N–H and O–H groups in total. The highest BCUT2D eigenvalue weighted by molar-refractivity contribution is 5.05. The second kappa shape index (κ2) is 6.99. The summed E-state index contributed by atoms with van der Waals surface area (Å²) in [7, 11) is 0. The van der Waals surface area contributed by atoms with Crippen LogP contribution in [0.15, 0.2) is 24.4 Å². The van der Waals surface area contributed by atoms with E-state index >= 15 is 0 Å². The van der Waals surface area contributed by atoms with Crippen LogP contribution < -0.4 is 11.3 Å². The number of rotatable bonds is 5. The summed E-state index contributed by atoms with van der Waals surface area (Å²) in [5.74, 6) is 11.4. The number of nitrogens with zero attached hydrogens (tertiary/aromatic N) is 1. The third kappa shape index (κ3) is 4.59. The Hall–Kier alpha value is -1.37. The van der Waals surface area contributed by atoms with Crippen molar-refractivity contribution in [1.29, 1.82) is 0 Å². The highest BCUT2D eigenvalue weighted by atomic mass is 15.2. The van der Waals surface area contributed by atoms with E-state index in [4.69, 9.17) is 5.84 Å². The molecule has 0 aliphatic heterocycles. The Balaban J connectivity index is 2.42. The molecule has 0 bridgehead atoms. The van der Waals surface area contributed by atoms with Gasteiger partial charge in [-0.2, -0.15) is 0 Å². The summed E-state index contributed by atoms with van der Waals surface area (Å²) in [6.07, 6.45) is 4.48. The first kappa shape index (κ1) is 11.7. The summed E-state index contributed by atoms with van der Waals surface area (Å²) in [5, 5.41) is 0. The van der Waals surface area contributed by atoms with Gasteiger partial charge < -0.3 is 0 Å². The lowest BCUT2D eigenvalue weighted by atomic mass is 10.1. The molecule has 0 radical (unpaired) electrons. The molecule has 0 fully saturated rings. The number of hydrogen-bond acceptors (Lipinski definition) is 3. The van der Waals surface area contributed by atoms with E-state index in [1.807, 2.05) is 25.1 Å². The molecule has 0 saturated heterocycles. The Labute approximate surface area is 91.1 Å². The average Bonchev–Trinajstić information content (AvgIpc) is 2.29. The Kier molecular flexibility index (Phi) is 5.46. The van der Waals surface area contributed by atoms with Crippen molar-refractivity contribution in [3.8, 4) is 11.8 Å². The van der Waals surface area contributed by atoms with Gasteiger partial charge in [0.15, 0.2) is 0 Å². The smallest absolute Gasteiger partial charge is 0.0419 e. The van der Waals surface area contributed by atoms with Crippen LogP contribution in [-0.2, 0) is 6.42 Å². The fraction of sp³-hybridized carbons (Fsp3) is 0.417. The fourth-order valence-corrected chi connectivity index (χ4v) is 1.39. The first-order valence-electron chi connectivity index (χ1n) is 5.12. The lowest BCUT2D eigenvalue weighted by molar-refractivity contribution is 0.493. The zero-order chi connectivity index (χ0) is 10.9. The van der Waals surface area contributed by atoms with Crippen molar-refractivity contribution in [2.75, 3.05) is 0 Å². The maximum absolute atomic E-state index is 5.48. The molecule has 1 heterocycles. The summed E-state index contributed by atoms with van der Waals surface area (Å²) in [5.41, 5.74) is 3.86. The van der Waals surface area contributed by atoms with Crippen LogP contribution in [0.5, 0.6) is 0 Å². The molecule has 80 valence electrons. The van der Waals surface area contributed by atoms with Crippen LogP contribution >= 0.6 is 0 Å². The predicted octanol–water partition coefficient (Wildman–Crippen LogP) is 1.26. The molecule has 1 aromatic heterocycles. The molecule has 1 atom stereocenters. The van der Waals surface area contributed by atoms with Gasteiger partial charge in [-0.3, -0.25) is 16.3 Å². The highest BCUT2D eigenvalue weighted by Gasteiger charge is 2.06. The quantitative estimate of drug-likeness (QED) is 0.430. The monoisotopic (exact) mass is 203 g/mol. The Morgan fingerprint density at radius 1 is 1.53 bits per heavy atom. The van der Waals surface area contributed by atoms with Crippen molar-refractivity contribution in [2.45, 2.75) is 32.2 Å². The number of hydrazine groups is 1. The number of aromatic nitrogens is 1. The summed E-state index contributed by atoms with van der Waals surface area (Å²) in [4.78, 5) is 4.26. The number of hydrogen-bond donors (Lipinski definition) is 2. The lowest BCUT2D eigenvalue weighted by Crippen LogP contribution is -2.36. The Morgan fingerprint density at radius 2 is 2.40 bits per heavy atom. The summed E-state index contributed by atoms with van der Waals surface area (Å²) in [6, 6.07) is 6.16. The molecule has 15 heavy (non-hydrogen) atoms. The minimum atomic E-state index is 0.251. The molecule has 0 aromatic carbocycles. The van der Waals surface area contributed by atoms with Gasteiger partial charge in [0.1, 0.15) is 0 Å². The maximum atomic E-state index is 5.48. The van der Waals surface area contributed by atoms with Gasteiger partial charge in [-0.25, -0.2) is 0 Å². The zero-order valence-corrected chi connectivity index (χ0v) is 9.03. The molecule has 0 amide bonds. The van der Waals surface area contributed by atoms with Crippen molar-refractivity contribution < 1.29 is 0 Å². The predicted molar refractivity (Wildman–Crippen MR) is 61.7 cm³/mol. The summed E-state index contributed by atoms with van der Waals surface area (Å²) < 4.78 is 0. The van der Waals surface area contributed by atoms with Crippen LogP contribution in [0.25, 0.3) is 0 Å². The van der Waals surface area contributed by atoms with E-state index in [2.05, 4.69) is 22.3 Å². The maximum Gasteiger partial charge on any atom is 0.0419 e. The Morgan fingerprint density at radius 3 is 3.00 bits per heavy atom. The fourth-order valence-electron chi connectivity index (χ4n) is 1.39. The van der Waals surface area contributed by atoms with Crippen molar-refractivity contribution >= 4 is 0 Å². The number of nitrogens with two attached hydrogens (primary N) is 1. The van der Waals surface area contributed by atoms with E-state index < -0.39 is 0 Å². The Bertz CT molecular complexity index is 324. The largest absolute Gasteiger partial charge is 0.271 e. The highest BCUT2D eigenvalue weighted by Crippen LogP contribution is 2.03. The first-order valence-corrected chi connectivity index (χ1v) is 5.12. The summed E-state index contributed by atoms with van der Waals surface area (Å²) >= 11 is 0. The number of nitrogens with one attached hydrogen (secondary N) is 1. The molecule has 0 aliphatic rings. The van der Waals surface area contributed by atoms with Crippen LogP contribution in [-0.4, -0.2) is 11.0 Å². The van der Waals surface area contributed by atoms with E-state index in [1.54, 1.807) is 6.20 Å². The van der Waals surface area contributed by atoms with E-state index in [-0.39, 0.29) is 6.04 Å².